The molecule has 0 aliphatic carbocycles. The second-order valence-corrected chi connectivity index (χ2v) is 6.79. The van der Waals surface area contributed by atoms with Crippen LogP contribution in [0.4, 0.5) is 10.5 Å². The van der Waals surface area contributed by atoms with Crippen molar-refractivity contribution in [2.45, 2.75) is 13.0 Å². The Morgan fingerprint density at radius 1 is 1.25 bits per heavy atom. The van der Waals surface area contributed by atoms with E-state index in [4.69, 9.17) is 16.0 Å². The highest BCUT2D eigenvalue weighted by Gasteiger charge is 2.15. The average Bonchev–Trinajstić information content (AvgIpc) is 3.25. The van der Waals surface area contributed by atoms with Gasteiger partial charge < -0.3 is 14.6 Å². The van der Waals surface area contributed by atoms with E-state index in [2.05, 4.69) is 11.4 Å². The molecule has 1 aromatic carbocycles. The summed E-state index contributed by atoms with van der Waals surface area (Å²) in [6.07, 6.45) is 4.09. The zero-order chi connectivity index (χ0) is 16.8. The molecule has 0 unspecified atom stereocenters. The van der Waals surface area contributed by atoms with Crippen molar-refractivity contribution in [3.63, 3.8) is 0 Å². The van der Waals surface area contributed by atoms with Gasteiger partial charge in [0.05, 0.1) is 19.1 Å². The van der Waals surface area contributed by atoms with Crippen molar-refractivity contribution in [2.75, 3.05) is 11.9 Å². The van der Waals surface area contributed by atoms with Gasteiger partial charge in [0.1, 0.15) is 0 Å². The normalized spacial score (nSPS) is 10.5. The number of carbonyl (C=O) groups excluding carboxylic acids is 1. The fourth-order valence-electron chi connectivity index (χ4n) is 2.32. The van der Waals surface area contributed by atoms with Gasteiger partial charge in [-0.2, -0.15) is 0 Å². The smallest absolute Gasteiger partial charge is 0.322 e. The summed E-state index contributed by atoms with van der Waals surface area (Å²) in [6.45, 7) is 1.12. The lowest BCUT2D eigenvalue weighted by molar-refractivity contribution is 0.210. The highest BCUT2D eigenvalue weighted by Crippen LogP contribution is 2.17. The summed E-state index contributed by atoms with van der Waals surface area (Å²) < 4.78 is 5.11. The Bertz CT molecular complexity index is 772. The van der Waals surface area contributed by atoms with Crippen LogP contribution in [0.25, 0.3) is 0 Å². The SMILES string of the molecule is O=C(Nc1cccc(Cl)c1)N(CCc1cccs1)Cc1ccoc1. The summed E-state index contributed by atoms with van der Waals surface area (Å²) in [6, 6.07) is 12.9. The number of anilines is 1. The summed E-state index contributed by atoms with van der Waals surface area (Å²) >= 11 is 7.67. The number of carbonyl (C=O) groups is 1. The predicted octanol–water partition coefficient (Wildman–Crippen LogP) is 5.27. The Labute approximate surface area is 149 Å². The minimum atomic E-state index is -0.157. The number of rotatable bonds is 6. The molecule has 0 aliphatic heterocycles. The topological polar surface area (TPSA) is 45.5 Å². The molecule has 2 amide bonds. The average molecular weight is 361 g/mol. The van der Waals surface area contributed by atoms with Crippen molar-refractivity contribution in [3.8, 4) is 0 Å². The number of nitrogens with zero attached hydrogens (tertiary/aromatic N) is 1. The molecule has 0 bridgehead atoms. The molecule has 2 heterocycles. The molecule has 0 saturated heterocycles. The number of nitrogens with one attached hydrogen (secondary N) is 1. The Balaban J connectivity index is 1.68. The Hall–Kier alpha value is -2.24. The lowest BCUT2D eigenvalue weighted by atomic mass is 10.2. The molecule has 3 aromatic rings. The van der Waals surface area contributed by atoms with E-state index in [1.54, 1.807) is 40.9 Å². The van der Waals surface area contributed by atoms with Crippen molar-refractivity contribution in [1.29, 1.82) is 0 Å². The number of hydrogen-bond donors (Lipinski definition) is 1. The van der Waals surface area contributed by atoms with E-state index in [1.807, 2.05) is 29.6 Å². The van der Waals surface area contributed by atoms with E-state index in [9.17, 15) is 4.79 Å². The summed E-state index contributed by atoms with van der Waals surface area (Å²) in [7, 11) is 0. The maximum absolute atomic E-state index is 12.7. The van der Waals surface area contributed by atoms with Gasteiger partial charge in [-0.25, -0.2) is 4.79 Å². The van der Waals surface area contributed by atoms with Crippen LogP contribution < -0.4 is 5.32 Å². The quantitative estimate of drug-likeness (QED) is 0.650. The third-order valence-electron chi connectivity index (χ3n) is 3.52. The molecule has 0 aliphatic rings. The second kappa shape index (κ2) is 8.04. The van der Waals surface area contributed by atoms with Gasteiger partial charge in [0, 0.05) is 27.7 Å². The van der Waals surface area contributed by atoms with Crippen molar-refractivity contribution in [2.24, 2.45) is 0 Å². The first-order valence-corrected chi connectivity index (χ1v) is 8.81. The minimum absolute atomic E-state index is 0.157. The van der Waals surface area contributed by atoms with E-state index in [0.717, 1.165) is 12.0 Å². The maximum atomic E-state index is 12.7. The van der Waals surface area contributed by atoms with Crippen LogP contribution in [-0.4, -0.2) is 17.5 Å². The Morgan fingerprint density at radius 2 is 2.17 bits per heavy atom. The molecule has 0 atom stereocenters. The minimum Gasteiger partial charge on any atom is -0.472 e. The summed E-state index contributed by atoms with van der Waals surface area (Å²) in [4.78, 5) is 15.7. The molecule has 124 valence electrons. The summed E-state index contributed by atoms with van der Waals surface area (Å²) in [5, 5.41) is 5.53. The standard InChI is InChI=1S/C18H17ClN2O2S/c19-15-3-1-4-16(11-15)20-18(22)21(12-14-7-9-23-13-14)8-6-17-5-2-10-24-17/h1-5,7,9-11,13H,6,8,12H2,(H,20,22). The molecule has 3 rings (SSSR count). The van der Waals surface area contributed by atoms with Crippen molar-refractivity contribution < 1.29 is 9.21 Å². The van der Waals surface area contributed by atoms with Gasteiger partial charge in [-0.1, -0.05) is 23.7 Å². The molecule has 0 saturated carbocycles. The first-order valence-electron chi connectivity index (χ1n) is 7.55. The molecule has 1 N–H and O–H groups in total. The second-order valence-electron chi connectivity index (χ2n) is 5.32. The van der Waals surface area contributed by atoms with E-state index in [1.165, 1.54) is 4.88 Å². The van der Waals surface area contributed by atoms with Gasteiger partial charge >= 0.3 is 6.03 Å². The van der Waals surface area contributed by atoms with Crippen LogP contribution >= 0.6 is 22.9 Å². The monoisotopic (exact) mass is 360 g/mol. The van der Waals surface area contributed by atoms with Crippen LogP contribution in [0.5, 0.6) is 0 Å². The van der Waals surface area contributed by atoms with Gasteiger partial charge in [-0.15, -0.1) is 11.3 Å². The molecule has 4 nitrogen and oxygen atoms in total. The summed E-state index contributed by atoms with van der Waals surface area (Å²) in [5.74, 6) is 0. The van der Waals surface area contributed by atoms with Gasteiger partial charge in [0.2, 0.25) is 0 Å². The van der Waals surface area contributed by atoms with Crippen LogP contribution in [-0.2, 0) is 13.0 Å². The largest absolute Gasteiger partial charge is 0.472 e. The maximum Gasteiger partial charge on any atom is 0.322 e. The molecule has 0 fully saturated rings. The first kappa shape index (κ1) is 16.6. The van der Waals surface area contributed by atoms with Gasteiger partial charge in [-0.3, -0.25) is 0 Å². The van der Waals surface area contributed by atoms with Crippen LogP contribution in [0, 0.1) is 0 Å². The van der Waals surface area contributed by atoms with E-state index in [0.29, 0.717) is 23.8 Å². The highest BCUT2D eigenvalue weighted by molar-refractivity contribution is 7.09. The molecular weight excluding hydrogens is 344 g/mol. The van der Waals surface area contributed by atoms with Gasteiger partial charge in [0.15, 0.2) is 0 Å². The number of amides is 2. The van der Waals surface area contributed by atoms with Crippen molar-refractivity contribution >= 4 is 34.7 Å². The third kappa shape index (κ3) is 4.63. The van der Waals surface area contributed by atoms with Crippen LogP contribution in [0.15, 0.2) is 64.8 Å². The molecule has 2 aromatic heterocycles. The van der Waals surface area contributed by atoms with Crippen LogP contribution in [0.1, 0.15) is 10.4 Å². The molecule has 0 radical (unpaired) electrons. The molecule has 24 heavy (non-hydrogen) atoms. The zero-order valence-electron chi connectivity index (χ0n) is 12.9. The fraction of sp³-hybridized carbons (Fsp3) is 0.167. The van der Waals surface area contributed by atoms with Crippen molar-refractivity contribution in [3.05, 3.63) is 75.8 Å². The van der Waals surface area contributed by atoms with Gasteiger partial charge in [0.25, 0.3) is 0 Å². The lowest BCUT2D eigenvalue weighted by Gasteiger charge is -2.22. The number of benzene rings is 1. The third-order valence-corrected chi connectivity index (χ3v) is 4.70. The highest BCUT2D eigenvalue weighted by atomic mass is 35.5. The Kier molecular flexibility index (Phi) is 5.56. The Morgan fingerprint density at radius 3 is 2.88 bits per heavy atom. The van der Waals surface area contributed by atoms with Crippen LogP contribution in [0.2, 0.25) is 5.02 Å². The first-order chi connectivity index (χ1) is 11.7. The summed E-state index contributed by atoms with van der Waals surface area (Å²) in [5.41, 5.74) is 1.64. The number of hydrogen-bond acceptors (Lipinski definition) is 3. The van der Waals surface area contributed by atoms with E-state index in [-0.39, 0.29) is 6.03 Å². The fourth-order valence-corrected chi connectivity index (χ4v) is 3.21. The van der Waals surface area contributed by atoms with Gasteiger partial charge in [-0.05, 0) is 42.1 Å². The predicted molar refractivity (Wildman–Crippen MR) is 97.6 cm³/mol. The van der Waals surface area contributed by atoms with E-state index >= 15 is 0 Å². The zero-order valence-corrected chi connectivity index (χ0v) is 14.5. The number of urea groups is 1. The van der Waals surface area contributed by atoms with Crippen molar-refractivity contribution in [1.82, 2.24) is 4.90 Å². The lowest BCUT2D eigenvalue weighted by Crippen LogP contribution is -2.35. The number of furan rings is 1. The molecular formula is C18H17ClN2O2S. The number of thiophene rings is 1. The number of halogens is 1. The van der Waals surface area contributed by atoms with E-state index < -0.39 is 0 Å². The molecule has 0 spiro atoms. The molecule has 6 heteroatoms. The van der Waals surface area contributed by atoms with Crippen LogP contribution in [0.3, 0.4) is 0 Å².